The van der Waals surface area contributed by atoms with E-state index in [2.05, 4.69) is 17.6 Å². The molecule has 0 aliphatic rings. The van der Waals surface area contributed by atoms with Crippen molar-refractivity contribution in [3.63, 3.8) is 0 Å². The van der Waals surface area contributed by atoms with Gasteiger partial charge in [-0.15, -0.1) is 11.8 Å². The van der Waals surface area contributed by atoms with E-state index >= 15 is 0 Å². The molecule has 0 saturated heterocycles. The van der Waals surface area contributed by atoms with Crippen LogP contribution in [0, 0.1) is 6.92 Å². The first-order valence-electron chi connectivity index (χ1n) is 2.30. The Bertz CT molecular complexity index is 171. The molecule has 0 spiro atoms. The molecule has 0 radical (unpaired) electrons. The average Bonchev–Trinajstić information content (AvgIpc) is 2.14. The summed E-state index contributed by atoms with van der Waals surface area (Å²) in [6.45, 7) is 2.08. The summed E-state index contributed by atoms with van der Waals surface area (Å²) in [5.74, 6) is 0. The highest BCUT2D eigenvalue weighted by molar-refractivity contribution is 8.00. The second-order valence-corrected chi connectivity index (χ2v) is 3.38. The maximum Gasteiger partial charge on any atom is 0.0832 e. The standard InChI is InChI=1S/C5H7NS2/c1-4-3-6-8-5(4)7-2/h3H,1-2H3. The molecule has 1 rings (SSSR count). The molecular weight excluding hydrogens is 138 g/mol. The molecule has 1 nitrogen and oxygen atoms in total. The average molecular weight is 145 g/mol. The van der Waals surface area contributed by atoms with Gasteiger partial charge in [0.25, 0.3) is 0 Å². The zero-order valence-corrected chi connectivity index (χ0v) is 6.47. The summed E-state index contributed by atoms with van der Waals surface area (Å²) in [5.41, 5.74) is 1.29. The van der Waals surface area contributed by atoms with E-state index in [-0.39, 0.29) is 0 Å². The van der Waals surface area contributed by atoms with Crippen molar-refractivity contribution >= 4 is 23.3 Å². The predicted octanol–water partition coefficient (Wildman–Crippen LogP) is 2.17. The molecule has 44 valence electrons. The highest BCUT2D eigenvalue weighted by Gasteiger charge is 1.95. The molecular formula is C5H7NS2. The highest BCUT2D eigenvalue weighted by Crippen LogP contribution is 2.22. The van der Waals surface area contributed by atoms with Crippen molar-refractivity contribution in [1.82, 2.24) is 4.37 Å². The molecule has 0 fully saturated rings. The summed E-state index contributed by atoms with van der Waals surface area (Å²) >= 11 is 3.32. The third-order valence-electron chi connectivity index (χ3n) is 0.889. The molecule has 0 aromatic carbocycles. The van der Waals surface area contributed by atoms with Crippen molar-refractivity contribution in [2.24, 2.45) is 0 Å². The Kier molecular flexibility index (Phi) is 1.91. The number of hydrogen-bond donors (Lipinski definition) is 0. The van der Waals surface area contributed by atoms with Crippen molar-refractivity contribution in [3.8, 4) is 0 Å². The molecule has 0 aliphatic carbocycles. The first-order valence-corrected chi connectivity index (χ1v) is 4.29. The molecule has 0 bridgehead atoms. The smallest absolute Gasteiger partial charge is 0.0832 e. The number of aryl methyl sites for hydroxylation is 1. The van der Waals surface area contributed by atoms with Gasteiger partial charge in [-0.25, -0.2) is 0 Å². The third kappa shape index (κ3) is 1.03. The van der Waals surface area contributed by atoms with Crippen LogP contribution in [-0.4, -0.2) is 10.6 Å². The first kappa shape index (κ1) is 6.11. The quantitative estimate of drug-likeness (QED) is 0.562. The van der Waals surface area contributed by atoms with Gasteiger partial charge in [0.15, 0.2) is 0 Å². The molecule has 0 aliphatic heterocycles. The lowest BCUT2D eigenvalue weighted by Crippen LogP contribution is -1.61. The van der Waals surface area contributed by atoms with Crippen LogP contribution < -0.4 is 0 Å². The van der Waals surface area contributed by atoms with Crippen molar-refractivity contribution in [3.05, 3.63) is 11.8 Å². The minimum absolute atomic E-state index is 1.29. The van der Waals surface area contributed by atoms with Gasteiger partial charge in [-0.3, -0.25) is 0 Å². The number of rotatable bonds is 1. The minimum Gasteiger partial charge on any atom is -0.200 e. The van der Waals surface area contributed by atoms with Gasteiger partial charge in [0.2, 0.25) is 0 Å². The van der Waals surface area contributed by atoms with Gasteiger partial charge in [-0.05, 0) is 30.3 Å². The topological polar surface area (TPSA) is 12.9 Å². The van der Waals surface area contributed by atoms with E-state index < -0.39 is 0 Å². The van der Waals surface area contributed by atoms with Crippen molar-refractivity contribution < 1.29 is 0 Å². The third-order valence-corrected chi connectivity index (χ3v) is 3.00. The summed E-state index contributed by atoms with van der Waals surface area (Å²) in [7, 11) is 0. The van der Waals surface area contributed by atoms with Gasteiger partial charge in [0.05, 0.1) is 4.21 Å². The van der Waals surface area contributed by atoms with E-state index in [0.29, 0.717) is 0 Å². The molecule has 0 atom stereocenters. The molecule has 0 N–H and O–H groups in total. The van der Waals surface area contributed by atoms with Crippen LogP contribution in [0.1, 0.15) is 5.56 Å². The van der Waals surface area contributed by atoms with Crippen LogP contribution in [0.3, 0.4) is 0 Å². The summed E-state index contributed by atoms with van der Waals surface area (Å²) in [4.78, 5) is 0. The Morgan fingerprint density at radius 3 is 2.75 bits per heavy atom. The second-order valence-electron chi connectivity index (χ2n) is 1.50. The fraction of sp³-hybridized carbons (Fsp3) is 0.400. The molecule has 0 amide bonds. The number of thioether (sulfide) groups is 1. The predicted molar refractivity (Wildman–Crippen MR) is 38.6 cm³/mol. The van der Waals surface area contributed by atoms with Gasteiger partial charge in [0.1, 0.15) is 0 Å². The second kappa shape index (κ2) is 2.51. The van der Waals surface area contributed by atoms with Crippen LogP contribution in [0.15, 0.2) is 10.4 Å². The Morgan fingerprint density at radius 2 is 2.50 bits per heavy atom. The van der Waals surface area contributed by atoms with E-state index in [9.17, 15) is 0 Å². The lowest BCUT2D eigenvalue weighted by atomic mass is 10.4. The summed E-state index contributed by atoms with van der Waals surface area (Å²) in [6.07, 6.45) is 3.97. The van der Waals surface area contributed by atoms with E-state index in [1.807, 2.05) is 6.20 Å². The van der Waals surface area contributed by atoms with Crippen molar-refractivity contribution in [2.45, 2.75) is 11.1 Å². The monoisotopic (exact) mass is 145 g/mol. The zero-order valence-electron chi connectivity index (χ0n) is 4.84. The van der Waals surface area contributed by atoms with Crippen molar-refractivity contribution in [1.29, 1.82) is 0 Å². The SMILES string of the molecule is CSc1sncc1C. The molecule has 1 heterocycles. The van der Waals surface area contributed by atoms with Crippen LogP contribution in [-0.2, 0) is 0 Å². The van der Waals surface area contributed by atoms with E-state index in [0.717, 1.165) is 0 Å². The Hall–Kier alpha value is -0.0200. The molecule has 0 unspecified atom stereocenters. The van der Waals surface area contributed by atoms with Crippen LogP contribution in [0.25, 0.3) is 0 Å². The normalized spacial score (nSPS) is 9.75. The van der Waals surface area contributed by atoms with E-state index in [1.165, 1.54) is 9.77 Å². The minimum atomic E-state index is 1.29. The number of aromatic nitrogens is 1. The largest absolute Gasteiger partial charge is 0.200 e. The van der Waals surface area contributed by atoms with Gasteiger partial charge < -0.3 is 0 Å². The van der Waals surface area contributed by atoms with Crippen LogP contribution in [0.2, 0.25) is 0 Å². The van der Waals surface area contributed by atoms with E-state index in [1.54, 1.807) is 23.3 Å². The lowest BCUT2D eigenvalue weighted by molar-refractivity contribution is 1.39. The summed E-state index contributed by atoms with van der Waals surface area (Å²) < 4.78 is 5.34. The fourth-order valence-corrected chi connectivity index (χ4v) is 1.78. The zero-order chi connectivity index (χ0) is 5.98. The van der Waals surface area contributed by atoms with Gasteiger partial charge in [0, 0.05) is 6.20 Å². The van der Waals surface area contributed by atoms with Crippen molar-refractivity contribution in [2.75, 3.05) is 6.26 Å². The van der Waals surface area contributed by atoms with Crippen LogP contribution in [0.4, 0.5) is 0 Å². The molecule has 0 saturated carbocycles. The van der Waals surface area contributed by atoms with Gasteiger partial charge >= 0.3 is 0 Å². The highest BCUT2D eigenvalue weighted by atomic mass is 32.2. The Morgan fingerprint density at radius 1 is 1.75 bits per heavy atom. The maximum absolute atomic E-state index is 4.01. The van der Waals surface area contributed by atoms with E-state index in [4.69, 9.17) is 0 Å². The molecule has 8 heavy (non-hydrogen) atoms. The summed E-state index contributed by atoms with van der Waals surface area (Å²) in [6, 6.07) is 0. The lowest BCUT2D eigenvalue weighted by Gasteiger charge is -1.85. The number of hydrogen-bond acceptors (Lipinski definition) is 3. The van der Waals surface area contributed by atoms with Crippen LogP contribution in [0.5, 0.6) is 0 Å². The van der Waals surface area contributed by atoms with Crippen LogP contribution >= 0.6 is 23.3 Å². The molecule has 3 heteroatoms. The van der Waals surface area contributed by atoms with Gasteiger partial charge in [-0.1, -0.05) is 0 Å². The molecule has 1 aromatic rings. The Balaban J connectivity index is 2.92. The molecule has 1 aromatic heterocycles. The summed E-state index contributed by atoms with van der Waals surface area (Å²) in [5, 5.41) is 0. The number of nitrogens with zero attached hydrogens (tertiary/aromatic N) is 1. The maximum atomic E-state index is 4.01. The Labute approximate surface area is 57.3 Å². The fourth-order valence-electron chi connectivity index (χ4n) is 0.476. The first-order chi connectivity index (χ1) is 3.84. The van der Waals surface area contributed by atoms with Gasteiger partial charge in [-0.2, -0.15) is 4.37 Å².